The number of ether oxygens (including phenoxy) is 1. The number of rotatable bonds is 7. The van der Waals surface area contributed by atoms with Gasteiger partial charge in [0.15, 0.2) is 0 Å². The van der Waals surface area contributed by atoms with Gasteiger partial charge in [0.1, 0.15) is 5.60 Å². The number of quaternary nitrogens is 1. The lowest BCUT2D eigenvalue weighted by Gasteiger charge is -2.35. The molecule has 3 heteroatoms. The normalized spacial score (nSPS) is 17.8. The predicted octanol–water partition coefficient (Wildman–Crippen LogP) is 2.42. The first-order chi connectivity index (χ1) is 9.06. The van der Waals surface area contributed by atoms with E-state index in [0.717, 1.165) is 38.8 Å². The smallest absolute Gasteiger partial charge is 0.330 e. The maximum Gasteiger partial charge on any atom is 0.330 e. The Morgan fingerprint density at radius 3 is 2.63 bits per heavy atom. The summed E-state index contributed by atoms with van der Waals surface area (Å²) in [7, 11) is 0. The van der Waals surface area contributed by atoms with Crippen molar-refractivity contribution < 1.29 is 14.8 Å². The molecule has 1 fully saturated rings. The van der Waals surface area contributed by atoms with E-state index in [4.69, 9.17) is 4.74 Å². The van der Waals surface area contributed by atoms with Crippen LogP contribution in [0.4, 0.5) is 0 Å². The molecule has 1 aliphatic heterocycles. The van der Waals surface area contributed by atoms with Gasteiger partial charge < -0.3 is 10.1 Å². The maximum atomic E-state index is 11.8. The van der Waals surface area contributed by atoms with Crippen molar-refractivity contribution in [2.24, 2.45) is 5.92 Å². The number of hydrogen-bond donors (Lipinski definition) is 1. The van der Waals surface area contributed by atoms with Crippen molar-refractivity contribution in [2.75, 3.05) is 13.1 Å². The van der Waals surface area contributed by atoms with Gasteiger partial charge in [-0.05, 0) is 26.7 Å². The fourth-order valence-corrected chi connectivity index (χ4v) is 2.69. The number of carbonyl (C=O) groups excluding carboxylic acids is 1. The first kappa shape index (κ1) is 16.2. The second-order valence-corrected chi connectivity index (χ2v) is 6.06. The van der Waals surface area contributed by atoms with Gasteiger partial charge in [-0.25, -0.2) is 4.79 Å². The van der Waals surface area contributed by atoms with Crippen molar-refractivity contribution >= 4 is 5.97 Å². The van der Waals surface area contributed by atoms with Crippen LogP contribution < -0.4 is 5.32 Å². The van der Waals surface area contributed by atoms with Crippen LogP contribution in [-0.2, 0) is 9.53 Å². The van der Waals surface area contributed by atoms with Crippen molar-refractivity contribution in [3.05, 3.63) is 12.2 Å². The summed E-state index contributed by atoms with van der Waals surface area (Å²) in [4.78, 5) is 11.8. The van der Waals surface area contributed by atoms with E-state index in [1.54, 1.807) is 6.08 Å². The summed E-state index contributed by atoms with van der Waals surface area (Å²) >= 11 is 0. The first-order valence-electron chi connectivity index (χ1n) is 7.77. The van der Waals surface area contributed by atoms with E-state index >= 15 is 0 Å². The SMILES string of the molecule is CCCCC/C=C/C(=O)OC(C)(C)C1CC[NH2+]CC1. The summed E-state index contributed by atoms with van der Waals surface area (Å²) in [5, 5.41) is 2.34. The van der Waals surface area contributed by atoms with Crippen LogP contribution in [0.2, 0.25) is 0 Å². The Hall–Kier alpha value is -0.830. The molecule has 0 amide bonds. The Labute approximate surface area is 117 Å². The quantitative estimate of drug-likeness (QED) is 0.438. The fourth-order valence-electron chi connectivity index (χ4n) is 2.69. The Morgan fingerprint density at radius 1 is 1.32 bits per heavy atom. The summed E-state index contributed by atoms with van der Waals surface area (Å²) in [6.45, 7) is 8.58. The number of nitrogens with two attached hydrogens (primary N) is 1. The van der Waals surface area contributed by atoms with Crippen molar-refractivity contribution in [1.82, 2.24) is 0 Å². The molecule has 1 heterocycles. The van der Waals surface area contributed by atoms with Crippen molar-refractivity contribution in [1.29, 1.82) is 0 Å². The van der Waals surface area contributed by atoms with Gasteiger partial charge >= 0.3 is 5.97 Å². The molecule has 0 saturated carbocycles. The van der Waals surface area contributed by atoms with Crippen LogP contribution in [0.15, 0.2) is 12.2 Å². The third kappa shape index (κ3) is 6.24. The molecule has 19 heavy (non-hydrogen) atoms. The molecule has 0 aromatic heterocycles. The minimum absolute atomic E-state index is 0.184. The van der Waals surface area contributed by atoms with Crippen LogP contribution in [-0.4, -0.2) is 24.7 Å². The molecule has 0 radical (unpaired) electrons. The minimum Gasteiger partial charge on any atom is -0.456 e. The Bertz CT molecular complexity index is 291. The summed E-state index contributed by atoms with van der Waals surface area (Å²) in [5.41, 5.74) is -0.334. The van der Waals surface area contributed by atoms with Gasteiger partial charge in [0.05, 0.1) is 13.1 Å². The highest BCUT2D eigenvalue weighted by Crippen LogP contribution is 2.27. The summed E-state index contributed by atoms with van der Waals surface area (Å²) in [6.07, 6.45) is 10.4. The molecular formula is C16H30NO2+. The van der Waals surface area contributed by atoms with Crippen LogP contribution in [0.3, 0.4) is 0 Å². The number of piperidine rings is 1. The Balaban J connectivity index is 2.32. The van der Waals surface area contributed by atoms with Gasteiger partial charge in [0.25, 0.3) is 0 Å². The van der Waals surface area contributed by atoms with Gasteiger partial charge in [0, 0.05) is 24.8 Å². The molecule has 0 unspecified atom stereocenters. The zero-order valence-electron chi connectivity index (χ0n) is 12.8. The lowest BCUT2D eigenvalue weighted by Crippen LogP contribution is -2.86. The van der Waals surface area contributed by atoms with Crippen LogP contribution in [0.5, 0.6) is 0 Å². The summed E-state index contributed by atoms with van der Waals surface area (Å²) in [6, 6.07) is 0. The molecule has 0 spiro atoms. The van der Waals surface area contributed by atoms with Crippen molar-refractivity contribution in [3.8, 4) is 0 Å². The zero-order chi connectivity index (χ0) is 14.1. The first-order valence-corrected chi connectivity index (χ1v) is 7.77. The van der Waals surface area contributed by atoms with Gasteiger partial charge in [-0.1, -0.05) is 25.8 Å². The lowest BCUT2D eigenvalue weighted by molar-refractivity contribution is -0.665. The van der Waals surface area contributed by atoms with Crippen LogP contribution in [0.25, 0.3) is 0 Å². The van der Waals surface area contributed by atoms with E-state index in [1.807, 2.05) is 19.9 Å². The van der Waals surface area contributed by atoms with E-state index in [-0.39, 0.29) is 11.6 Å². The van der Waals surface area contributed by atoms with Crippen LogP contribution in [0, 0.1) is 5.92 Å². The number of unbranched alkanes of at least 4 members (excludes halogenated alkanes) is 3. The molecule has 0 bridgehead atoms. The largest absolute Gasteiger partial charge is 0.456 e. The lowest BCUT2D eigenvalue weighted by atomic mass is 9.83. The molecule has 1 saturated heterocycles. The molecule has 110 valence electrons. The average molecular weight is 268 g/mol. The second kappa shape index (κ2) is 8.36. The molecule has 0 aliphatic carbocycles. The number of hydrogen-bond acceptors (Lipinski definition) is 2. The number of allylic oxidation sites excluding steroid dienone is 1. The van der Waals surface area contributed by atoms with Gasteiger partial charge in [-0.2, -0.15) is 0 Å². The Morgan fingerprint density at radius 2 is 2.00 bits per heavy atom. The predicted molar refractivity (Wildman–Crippen MR) is 77.8 cm³/mol. The van der Waals surface area contributed by atoms with Gasteiger partial charge in [0.2, 0.25) is 0 Å². The van der Waals surface area contributed by atoms with E-state index in [9.17, 15) is 4.79 Å². The molecule has 0 atom stereocenters. The molecule has 1 rings (SSSR count). The third-order valence-corrected chi connectivity index (χ3v) is 4.01. The monoisotopic (exact) mass is 268 g/mol. The minimum atomic E-state index is -0.334. The topological polar surface area (TPSA) is 42.9 Å². The standard InChI is InChI=1S/C16H29NO2/c1-4-5-6-7-8-9-15(18)19-16(2,3)14-10-12-17-13-11-14/h8-9,14,17H,4-7,10-13H2,1-3H3/p+1/b9-8+. The summed E-state index contributed by atoms with van der Waals surface area (Å²) in [5.74, 6) is 0.311. The Kier molecular flexibility index (Phi) is 7.14. The molecule has 0 aromatic carbocycles. The van der Waals surface area contributed by atoms with Gasteiger partial charge in [-0.3, -0.25) is 0 Å². The summed E-state index contributed by atoms with van der Waals surface area (Å²) < 4.78 is 5.64. The van der Waals surface area contributed by atoms with Gasteiger partial charge in [-0.15, -0.1) is 0 Å². The van der Waals surface area contributed by atoms with Crippen LogP contribution in [0.1, 0.15) is 59.3 Å². The number of esters is 1. The van der Waals surface area contributed by atoms with E-state index in [1.165, 1.54) is 12.8 Å². The van der Waals surface area contributed by atoms with E-state index in [0.29, 0.717) is 5.92 Å². The number of carbonyl (C=O) groups is 1. The average Bonchev–Trinajstić information content (AvgIpc) is 2.39. The highest BCUT2D eigenvalue weighted by molar-refractivity contribution is 5.82. The highest BCUT2D eigenvalue weighted by Gasteiger charge is 2.34. The van der Waals surface area contributed by atoms with E-state index < -0.39 is 0 Å². The van der Waals surface area contributed by atoms with Crippen molar-refractivity contribution in [3.63, 3.8) is 0 Å². The van der Waals surface area contributed by atoms with Crippen molar-refractivity contribution in [2.45, 2.75) is 64.9 Å². The second-order valence-electron chi connectivity index (χ2n) is 6.06. The molecule has 2 N–H and O–H groups in total. The third-order valence-electron chi connectivity index (χ3n) is 4.01. The highest BCUT2D eigenvalue weighted by atomic mass is 16.6. The molecular weight excluding hydrogens is 238 g/mol. The fraction of sp³-hybridized carbons (Fsp3) is 0.812. The molecule has 3 nitrogen and oxygen atoms in total. The van der Waals surface area contributed by atoms with Crippen LogP contribution >= 0.6 is 0 Å². The zero-order valence-corrected chi connectivity index (χ0v) is 12.8. The molecule has 1 aliphatic rings. The van der Waals surface area contributed by atoms with E-state index in [2.05, 4.69) is 12.2 Å². The maximum absolute atomic E-state index is 11.8. The molecule has 0 aromatic rings.